The Bertz CT molecular complexity index is 482. The van der Waals surface area contributed by atoms with Gasteiger partial charge in [0, 0.05) is 5.56 Å². The molecule has 1 amide bonds. The maximum Gasteiger partial charge on any atom is 0.340 e. The maximum atomic E-state index is 11.8. The summed E-state index contributed by atoms with van der Waals surface area (Å²) in [6, 6.07) is 6.21. The lowest BCUT2D eigenvalue weighted by atomic mass is 10.2. The Morgan fingerprint density at radius 3 is 2.79 bits per heavy atom. The lowest BCUT2D eigenvalue weighted by Gasteiger charge is -2.12. The molecular weight excluding hydrogens is 246 g/mol. The highest BCUT2D eigenvalue weighted by molar-refractivity contribution is 5.93. The molecule has 0 aliphatic heterocycles. The average molecular weight is 263 g/mol. The van der Waals surface area contributed by atoms with Crippen molar-refractivity contribution in [2.45, 2.75) is 25.9 Å². The summed E-state index contributed by atoms with van der Waals surface area (Å²) >= 11 is 0. The van der Waals surface area contributed by atoms with Gasteiger partial charge < -0.3 is 15.2 Å². The third kappa shape index (κ3) is 4.06. The van der Waals surface area contributed by atoms with E-state index in [1.54, 1.807) is 25.1 Å². The largest absolute Gasteiger partial charge is 0.425 e. The van der Waals surface area contributed by atoms with Crippen LogP contribution < -0.4 is 10.5 Å². The molecule has 1 atom stereocenters. The highest BCUT2D eigenvalue weighted by Crippen LogP contribution is 2.29. The Morgan fingerprint density at radius 1 is 1.42 bits per heavy atom. The summed E-state index contributed by atoms with van der Waals surface area (Å²) in [7, 11) is 0. The zero-order valence-electron chi connectivity index (χ0n) is 10.8. The van der Waals surface area contributed by atoms with Crippen molar-refractivity contribution >= 4 is 11.9 Å². The molecule has 102 valence electrons. The Balaban J connectivity index is 1.89. The highest BCUT2D eigenvalue weighted by Gasteiger charge is 2.24. The second-order valence-corrected chi connectivity index (χ2v) is 4.73. The van der Waals surface area contributed by atoms with E-state index < -0.39 is 18.0 Å². The third-order valence-corrected chi connectivity index (χ3v) is 2.95. The summed E-state index contributed by atoms with van der Waals surface area (Å²) in [5.41, 5.74) is 5.46. The van der Waals surface area contributed by atoms with Crippen molar-refractivity contribution in [2.75, 3.05) is 6.61 Å². The van der Waals surface area contributed by atoms with E-state index in [0.29, 0.717) is 23.8 Å². The molecule has 0 heterocycles. The van der Waals surface area contributed by atoms with Crippen LogP contribution in [-0.2, 0) is 9.53 Å². The zero-order valence-corrected chi connectivity index (χ0v) is 10.8. The Labute approximate surface area is 111 Å². The first-order valence-corrected chi connectivity index (χ1v) is 6.29. The standard InChI is InChI=1S/C14H17NO4/c1-9(18-8-10-5-6-10)14(17)19-12-4-2-3-11(7-12)13(15)16/h2-4,7,9-10H,5-6,8H2,1H3,(H2,15,16). The van der Waals surface area contributed by atoms with Gasteiger partial charge in [0.15, 0.2) is 6.10 Å². The van der Waals surface area contributed by atoms with Gasteiger partial charge in [-0.05, 0) is 43.9 Å². The Kier molecular flexibility index (Phi) is 4.16. The van der Waals surface area contributed by atoms with E-state index in [9.17, 15) is 9.59 Å². The van der Waals surface area contributed by atoms with Gasteiger partial charge in [-0.3, -0.25) is 4.79 Å². The topological polar surface area (TPSA) is 78.6 Å². The molecule has 0 aromatic heterocycles. The van der Waals surface area contributed by atoms with Gasteiger partial charge in [-0.25, -0.2) is 4.79 Å². The molecule has 0 spiro atoms. The predicted octanol–water partition coefficient (Wildman–Crippen LogP) is 1.51. The van der Waals surface area contributed by atoms with E-state index in [0.717, 1.165) is 0 Å². The number of amides is 1. The summed E-state index contributed by atoms with van der Waals surface area (Å²) < 4.78 is 10.6. The van der Waals surface area contributed by atoms with Crippen molar-refractivity contribution in [3.63, 3.8) is 0 Å². The van der Waals surface area contributed by atoms with Gasteiger partial charge in [-0.1, -0.05) is 6.07 Å². The normalized spacial score (nSPS) is 15.8. The number of ether oxygens (including phenoxy) is 2. The first-order valence-electron chi connectivity index (χ1n) is 6.29. The average Bonchev–Trinajstić information content (AvgIpc) is 3.20. The molecule has 5 heteroatoms. The summed E-state index contributed by atoms with van der Waals surface area (Å²) in [5, 5.41) is 0. The van der Waals surface area contributed by atoms with Crippen molar-refractivity contribution in [3.05, 3.63) is 29.8 Å². The highest BCUT2D eigenvalue weighted by atomic mass is 16.6. The lowest BCUT2D eigenvalue weighted by molar-refractivity contribution is -0.146. The van der Waals surface area contributed by atoms with Crippen LogP contribution in [0, 0.1) is 5.92 Å². The van der Waals surface area contributed by atoms with Crippen LogP contribution in [0.3, 0.4) is 0 Å². The van der Waals surface area contributed by atoms with Crippen molar-refractivity contribution < 1.29 is 19.1 Å². The van der Waals surface area contributed by atoms with Crippen LogP contribution in [0.4, 0.5) is 0 Å². The van der Waals surface area contributed by atoms with Crippen LogP contribution >= 0.6 is 0 Å². The van der Waals surface area contributed by atoms with Gasteiger partial charge >= 0.3 is 5.97 Å². The first kappa shape index (κ1) is 13.5. The number of hydrogen-bond donors (Lipinski definition) is 1. The van der Waals surface area contributed by atoms with E-state index in [4.69, 9.17) is 15.2 Å². The monoisotopic (exact) mass is 263 g/mol. The Hall–Kier alpha value is -1.88. The summed E-state index contributed by atoms with van der Waals surface area (Å²) in [5.74, 6) is -0.144. The minimum absolute atomic E-state index is 0.295. The number of esters is 1. The third-order valence-electron chi connectivity index (χ3n) is 2.95. The number of carbonyl (C=O) groups excluding carboxylic acids is 2. The predicted molar refractivity (Wildman–Crippen MR) is 68.7 cm³/mol. The van der Waals surface area contributed by atoms with Crippen LogP contribution in [0.25, 0.3) is 0 Å². The summed E-state index contributed by atoms with van der Waals surface area (Å²) in [6.45, 7) is 2.25. The molecule has 1 aliphatic rings. The van der Waals surface area contributed by atoms with Crippen molar-refractivity contribution in [1.82, 2.24) is 0 Å². The minimum Gasteiger partial charge on any atom is -0.425 e. The van der Waals surface area contributed by atoms with E-state index in [-0.39, 0.29) is 0 Å². The fraction of sp³-hybridized carbons (Fsp3) is 0.429. The second kappa shape index (κ2) is 5.84. The molecule has 1 aromatic rings. The number of rotatable bonds is 6. The number of primary amides is 1. The molecule has 1 saturated carbocycles. The van der Waals surface area contributed by atoms with E-state index in [2.05, 4.69) is 0 Å². The zero-order chi connectivity index (χ0) is 13.8. The van der Waals surface area contributed by atoms with E-state index >= 15 is 0 Å². The number of hydrogen-bond acceptors (Lipinski definition) is 4. The van der Waals surface area contributed by atoms with Crippen LogP contribution in [0.15, 0.2) is 24.3 Å². The quantitative estimate of drug-likeness (QED) is 0.623. The van der Waals surface area contributed by atoms with Crippen LogP contribution in [0.2, 0.25) is 0 Å². The first-order chi connectivity index (χ1) is 9.06. The Morgan fingerprint density at radius 2 is 2.16 bits per heavy atom. The van der Waals surface area contributed by atoms with Gasteiger partial charge in [-0.15, -0.1) is 0 Å². The van der Waals surface area contributed by atoms with E-state index in [1.807, 2.05) is 0 Å². The van der Waals surface area contributed by atoms with Crippen molar-refractivity contribution in [3.8, 4) is 5.75 Å². The molecule has 2 N–H and O–H groups in total. The molecule has 0 radical (unpaired) electrons. The molecule has 1 aromatic carbocycles. The van der Waals surface area contributed by atoms with Gasteiger partial charge in [0.1, 0.15) is 5.75 Å². The SMILES string of the molecule is CC(OCC1CC1)C(=O)Oc1cccc(C(N)=O)c1. The molecule has 0 saturated heterocycles. The van der Waals surface area contributed by atoms with E-state index in [1.165, 1.54) is 18.9 Å². The van der Waals surface area contributed by atoms with Crippen LogP contribution in [0.1, 0.15) is 30.1 Å². The van der Waals surface area contributed by atoms with Gasteiger partial charge in [0.25, 0.3) is 0 Å². The maximum absolute atomic E-state index is 11.8. The van der Waals surface area contributed by atoms with Gasteiger partial charge in [-0.2, -0.15) is 0 Å². The molecular formula is C14H17NO4. The lowest BCUT2D eigenvalue weighted by Crippen LogP contribution is -2.26. The van der Waals surface area contributed by atoms with Crippen molar-refractivity contribution in [1.29, 1.82) is 0 Å². The van der Waals surface area contributed by atoms with Gasteiger partial charge in [0.05, 0.1) is 6.61 Å². The fourth-order valence-electron chi connectivity index (χ4n) is 1.54. The number of benzene rings is 1. The molecule has 5 nitrogen and oxygen atoms in total. The molecule has 1 fully saturated rings. The summed E-state index contributed by atoms with van der Waals surface area (Å²) in [6.07, 6.45) is 1.73. The van der Waals surface area contributed by atoms with Crippen LogP contribution in [0.5, 0.6) is 5.75 Å². The van der Waals surface area contributed by atoms with Gasteiger partial charge in [0.2, 0.25) is 5.91 Å². The fourth-order valence-corrected chi connectivity index (χ4v) is 1.54. The molecule has 2 rings (SSSR count). The molecule has 1 aliphatic carbocycles. The second-order valence-electron chi connectivity index (χ2n) is 4.73. The molecule has 19 heavy (non-hydrogen) atoms. The summed E-state index contributed by atoms with van der Waals surface area (Å²) in [4.78, 5) is 22.8. The smallest absolute Gasteiger partial charge is 0.340 e. The van der Waals surface area contributed by atoms with Crippen LogP contribution in [-0.4, -0.2) is 24.6 Å². The molecule has 1 unspecified atom stereocenters. The minimum atomic E-state index is -0.613. The molecule has 0 bridgehead atoms. The van der Waals surface area contributed by atoms with Crippen molar-refractivity contribution in [2.24, 2.45) is 11.7 Å². The number of nitrogens with two attached hydrogens (primary N) is 1. The number of carbonyl (C=O) groups is 2.